The molecule has 222 valence electrons. The van der Waals surface area contributed by atoms with Crippen molar-refractivity contribution in [3.05, 3.63) is 71.5 Å². The van der Waals surface area contributed by atoms with Crippen molar-refractivity contribution >= 4 is 24.6 Å². The Morgan fingerprint density at radius 3 is 2.17 bits per heavy atom. The topological polar surface area (TPSA) is 177 Å². The van der Waals surface area contributed by atoms with Crippen molar-refractivity contribution in [2.45, 2.75) is 64.2 Å². The third kappa shape index (κ3) is 16.4. The Morgan fingerprint density at radius 1 is 1.10 bits per heavy atom. The van der Waals surface area contributed by atoms with Crippen LogP contribution in [0.25, 0.3) is 0 Å². The average molecular weight is 570 g/mol. The van der Waals surface area contributed by atoms with Crippen LogP contribution < -0.4 is 22.1 Å². The second-order valence-corrected chi connectivity index (χ2v) is 9.67. The molecule has 3 atom stereocenters. The minimum absolute atomic E-state index is 0.0548. The molecule has 10 nitrogen and oxygen atoms in total. The van der Waals surface area contributed by atoms with E-state index in [1.165, 1.54) is 25.0 Å². The Bertz CT molecular complexity index is 1080. The van der Waals surface area contributed by atoms with E-state index in [4.69, 9.17) is 14.3 Å². The number of amides is 4. The van der Waals surface area contributed by atoms with Crippen LogP contribution in [0.3, 0.4) is 0 Å². The number of nitrogens with one attached hydrogen (secondary N) is 2. The molecule has 1 heterocycles. The largest absolute Gasteiger partial charge is 0.373 e. The number of primary amides is 2. The highest BCUT2D eigenvalue weighted by molar-refractivity contribution is 5.81. The molecule has 41 heavy (non-hydrogen) atoms. The summed E-state index contributed by atoms with van der Waals surface area (Å²) >= 11 is 0. The van der Waals surface area contributed by atoms with Gasteiger partial charge in [0.2, 0.25) is 24.6 Å². The monoisotopic (exact) mass is 569 g/mol. The summed E-state index contributed by atoms with van der Waals surface area (Å²) in [4.78, 5) is 41.6. The van der Waals surface area contributed by atoms with Crippen LogP contribution in [0, 0.1) is 29.0 Å². The maximum atomic E-state index is 13.2. The molecule has 4 rings (SSSR count). The predicted molar refractivity (Wildman–Crippen MR) is 152 cm³/mol. The number of nitrogens with zero attached hydrogens (tertiary/aromatic N) is 1. The molecule has 6 N–H and O–H groups in total. The lowest BCUT2D eigenvalue weighted by Gasteiger charge is -2.20. The van der Waals surface area contributed by atoms with E-state index in [0.717, 1.165) is 17.0 Å². The van der Waals surface area contributed by atoms with Crippen molar-refractivity contribution in [2.24, 2.45) is 23.3 Å². The fraction of sp³-hybridized carbons (Fsp3) is 0.433. The summed E-state index contributed by atoms with van der Waals surface area (Å²) in [5.41, 5.74) is 10.2. The number of rotatable bonds is 10. The third-order valence-corrected chi connectivity index (χ3v) is 6.16. The number of carbonyl (C=O) groups is 4. The fourth-order valence-electron chi connectivity index (χ4n) is 3.79. The number of nitriles is 1. The van der Waals surface area contributed by atoms with Crippen molar-refractivity contribution in [1.82, 2.24) is 10.6 Å². The van der Waals surface area contributed by atoms with E-state index < -0.39 is 12.1 Å². The van der Waals surface area contributed by atoms with Crippen molar-refractivity contribution in [3.8, 4) is 6.07 Å². The molecule has 1 aliphatic heterocycles. The Labute approximate surface area is 240 Å². The van der Waals surface area contributed by atoms with Crippen LogP contribution in [0.2, 0.25) is 0 Å². The first-order valence-corrected chi connectivity index (χ1v) is 13.4. The SMILES string of the molecule is CC1CC1.N#CC(CC1CCNC1=O)NC(=O)CC(Cc1ccc(F)cc1)OCc1ccccc1.NC=O.NC=O. The molecule has 0 spiro atoms. The predicted octanol–water partition coefficient (Wildman–Crippen LogP) is 2.50. The van der Waals surface area contributed by atoms with Gasteiger partial charge in [-0.15, -0.1) is 0 Å². The Kier molecular flexibility index (Phi) is 17.4. The van der Waals surface area contributed by atoms with E-state index in [2.05, 4.69) is 35.1 Å². The Morgan fingerprint density at radius 2 is 1.68 bits per heavy atom. The van der Waals surface area contributed by atoms with Gasteiger partial charge in [-0.3, -0.25) is 19.2 Å². The normalized spacial score (nSPS) is 16.3. The van der Waals surface area contributed by atoms with E-state index in [1.54, 1.807) is 12.1 Å². The van der Waals surface area contributed by atoms with Gasteiger partial charge in [0.15, 0.2) is 0 Å². The highest BCUT2D eigenvalue weighted by atomic mass is 19.1. The van der Waals surface area contributed by atoms with E-state index in [1.807, 2.05) is 30.3 Å². The van der Waals surface area contributed by atoms with Gasteiger partial charge in [-0.1, -0.05) is 62.2 Å². The molecule has 1 saturated heterocycles. The standard InChI is InChI=1S/C24H26FN3O3.C4H8.2CH3NO/c25-20-8-6-17(7-9-20)12-22(31-16-18-4-2-1-3-5-18)14-23(29)28-21(15-26)13-19-10-11-27-24(19)30;1-4-2-3-4;2*2-1-3/h1-9,19,21-22H,10-14,16H2,(H,27,30)(H,28,29);4H,2-3H2,1H3;2*1H,(H2,2,3). The zero-order valence-electron chi connectivity index (χ0n) is 23.3. The van der Waals surface area contributed by atoms with Gasteiger partial charge in [0.1, 0.15) is 11.9 Å². The first kappa shape index (κ1) is 34.7. The van der Waals surface area contributed by atoms with Gasteiger partial charge in [-0.2, -0.15) is 5.26 Å². The molecule has 1 saturated carbocycles. The quantitative estimate of drug-likeness (QED) is 0.319. The molecule has 0 radical (unpaired) electrons. The molecular formula is C30H40FN5O5. The van der Waals surface area contributed by atoms with Crippen LogP contribution in [0.5, 0.6) is 0 Å². The van der Waals surface area contributed by atoms with Crippen molar-refractivity contribution in [1.29, 1.82) is 5.26 Å². The highest BCUT2D eigenvalue weighted by Gasteiger charge is 2.28. The number of carbonyl (C=O) groups excluding carboxylic acids is 4. The maximum absolute atomic E-state index is 13.2. The van der Waals surface area contributed by atoms with Crippen molar-refractivity contribution in [3.63, 3.8) is 0 Å². The zero-order valence-corrected chi connectivity index (χ0v) is 23.3. The van der Waals surface area contributed by atoms with Crippen molar-refractivity contribution < 1.29 is 28.3 Å². The molecular weight excluding hydrogens is 529 g/mol. The van der Waals surface area contributed by atoms with E-state index in [0.29, 0.717) is 32.4 Å². The summed E-state index contributed by atoms with van der Waals surface area (Å²) in [5, 5.41) is 14.9. The van der Waals surface area contributed by atoms with Gasteiger partial charge in [0.25, 0.3) is 0 Å². The smallest absolute Gasteiger partial charge is 0.223 e. The lowest BCUT2D eigenvalue weighted by atomic mass is 9.98. The molecule has 4 amide bonds. The van der Waals surface area contributed by atoms with Crippen LogP contribution in [0.1, 0.15) is 50.2 Å². The summed E-state index contributed by atoms with van der Waals surface area (Å²) in [6, 6.07) is 17.1. The Balaban J connectivity index is 0.000000720. The number of hydrogen-bond donors (Lipinski definition) is 4. The zero-order chi connectivity index (χ0) is 30.5. The molecule has 3 unspecified atom stereocenters. The van der Waals surface area contributed by atoms with Crippen LogP contribution in [0.4, 0.5) is 4.39 Å². The van der Waals surface area contributed by atoms with E-state index in [9.17, 15) is 19.2 Å². The van der Waals surface area contributed by atoms with E-state index in [-0.39, 0.29) is 42.8 Å². The molecule has 2 aliphatic rings. The van der Waals surface area contributed by atoms with Gasteiger partial charge in [-0.05, 0) is 48.4 Å². The van der Waals surface area contributed by atoms with Gasteiger partial charge in [-0.25, -0.2) is 4.39 Å². The summed E-state index contributed by atoms with van der Waals surface area (Å²) in [5.74, 6) is 0.116. The van der Waals surface area contributed by atoms with Crippen molar-refractivity contribution in [2.75, 3.05) is 6.54 Å². The number of ether oxygens (including phenoxy) is 1. The number of benzene rings is 2. The van der Waals surface area contributed by atoms with E-state index >= 15 is 0 Å². The molecule has 0 bridgehead atoms. The minimum Gasteiger partial charge on any atom is -0.373 e. The summed E-state index contributed by atoms with van der Waals surface area (Å²) in [6.07, 6.45) is 4.48. The number of halogens is 1. The van der Waals surface area contributed by atoms with Gasteiger partial charge >= 0.3 is 0 Å². The third-order valence-electron chi connectivity index (χ3n) is 6.16. The van der Waals surface area contributed by atoms with Crippen LogP contribution in [0.15, 0.2) is 54.6 Å². The number of nitrogens with two attached hydrogens (primary N) is 2. The summed E-state index contributed by atoms with van der Waals surface area (Å²) in [6.45, 7) is 3.21. The second kappa shape index (κ2) is 20.6. The second-order valence-electron chi connectivity index (χ2n) is 9.67. The Hall–Kier alpha value is -4.30. The summed E-state index contributed by atoms with van der Waals surface area (Å²) < 4.78 is 19.2. The number of hydrogen-bond acceptors (Lipinski definition) is 6. The molecule has 11 heteroatoms. The van der Waals surface area contributed by atoms with Crippen LogP contribution >= 0.6 is 0 Å². The molecule has 2 fully saturated rings. The van der Waals surface area contributed by atoms with Crippen LogP contribution in [-0.2, 0) is 36.9 Å². The average Bonchev–Trinajstić information content (AvgIpc) is 3.64. The van der Waals surface area contributed by atoms with Gasteiger partial charge < -0.3 is 26.8 Å². The van der Waals surface area contributed by atoms with Gasteiger partial charge in [0, 0.05) is 12.5 Å². The summed E-state index contributed by atoms with van der Waals surface area (Å²) in [7, 11) is 0. The maximum Gasteiger partial charge on any atom is 0.223 e. The lowest BCUT2D eigenvalue weighted by Crippen LogP contribution is -2.38. The lowest BCUT2D eigenvalue weighted by molar-refractivity contribution is -0.126. The van der Waals surface area contributed by atoms with Crippen LogP contribution in [-0.4, -0.2) is 43.3 Å². The first-order valence-electron chi connectivity index (χ1n) is 13.4. The highest BCUT2D eigenvalue weighted by Crippen LogP contribution is 2.26. The molecule has 0 aromatic heterocycles. The minimum atomic E-state index is -0.734. The molecule has 2 aromatic carbocycles. The molecule has 2 aromatic rings. The van der Waals surface area contributed by atoms with Gasteiger partial charge in [0.05, 0.1) is 25.2 Å². The first-order chi connectivity index (χ1) is 19.8. The molecule has 1 aliphatic carbocycles. The fourth-order valence-corrected chi connectivity index (χ4v) is 3.79.